The van der Waals surface area contributed by atoms with Gasteiger partial charge in [0.1, 0.15) is 18.2 Å². The molecule has 114 valence electrons. The van der Waals surface area contributed by atoms with Crippen molar-refractivity contribution in [2.24, 2.45) is 0 Å². The Morgan fingerprint density at radius 1 is 1.14 bits per heavy atom. The average Bonchev–Trinajstić information content (AvgIpc) is 2.83. The second-order valence-electron chi connectivity index (χ2n) is 5.92. The molecule has 2 nitrogen and oxygen atoms in total. The fraction of sp³-hybridized carbons (Fsp3) is 0.263. The molecule has 0 spiro atoms. The summed E-state index contributed by atoms with van der Waals surface area (Å²) in [6, 6.07) is 13.2. The molecular weight excluding hydrogens is 277 g/mol. The summed E-state index contributed by atoms with van der Waals surface area (Å²) in [5.41, 5.74) is 3.21. The third-order valence-electron chi connectivity index (χ3n) is 3.82. The Hall–Kier alpha value is -2.29. The van der Waals surface area contributed by atoms with E-state index in [1.54, 1.807) is 6.07 Å². The van der Waals surface area contributed by atoms with Crippen LogP contribution in [-0.4, -0.2) is 4.57 Å². The van der Waals surface area contributed by atoms with Gasteiger partial charge in [-0.1, -0.05) is 12.1 Å². The molecule has 3 aromatic rings. The van der Waals surface area contributed by atoms with Crippen LogP contribution >= 0.6 is 0 Å². The molecule has 1 aromatic heterocycles. The standard InChI is InChI=1S/C19H20FNO/c1-13(2)21-11-15(18-10-16(20)7-8-19(18)21)12-22-17-6-4-5-14(3)9-17/h4-11,13H,12H2,1-3H3. The van der Waals surface area contributed by atoms with Gasteiger partial charge in [0.15, 0.2) is 0 Å². The Bertz CT molecular complexity index is 804. The first-order chi connectivity index (χ1) is 10.5. The quantitative estimate of drug-likeness (QED) is 0.641. The highest BCUT2D eigenvalue weighted by molar-refractivity contribution is 5.84. The number of benzene rings is 2. The minimum atomic E-state index is -0.217. The van der Waals surface area contributed by atoms with E-state index in [4.69, 9.17) is 4.74 Å². The van der Waals surface area contributed by atoms with E-state index in [9.17, 15) is 4.39 Å². The summed E-state index contributed by atoms with van der Waals surface area (Å²) in [6.45, 7) is 6.71. The fourth-order valence-corrected chi connectivity index (χ4v) is 2.71. The van der Waals surface area contributed by atoms with Gasteiger partial charge < -0.3 is 9.30 Å². The molecule has 0 amide bonds. The van der Waals surface area contributed by atoms with Crippen molar-refractivity contribution in [2.75, 3.05) is 0 Å². The zero-order valence-corrected chi connectivity index (χ0v) is 13.1. The summed E-state index contributed by atoms with van der Waals surface area (Å²) >= 11 is 0. The molecule has 3 rings (SSSR count). The lowest BCUT2D eigenvalue weighted by Gasteiger charge is -2.08. The molecule has 0 atom stereocenters. The van der Waals surface area contributed by atoms with Crippen LogP contribution < -0.4 is 4.74 Å². The van der Waals surface area contributed by atoms with Gasteiger partial charge in [-0.05, 0) is 56.7 Å². The largest absolute Gasteiger partial charge is 0.489 e. The SMILES string of the molecule is Cc1cccc(OCc2cn(C(C)C)c3ccc(F)cc23)c1. The highest BCUT2D eigenvalue weighted by atomic mass is 19.1. The van der Waals surface area contributed by atoms with Gasteiger partial charge in [0.25, 0.3) is 0 Å². The number of hydrogen-bond acceptors (Lipinski definition) is 1. The molecular formula is C19H20FNO. The molecule has 0 aliphatic rings. The van der Waals surface area contributed by atoms with Crippen molar-refractivity contribution in [2.45, 2.75) is 33.4 Å². The maximum Gasteiger partial charge on any atom is 0.123 e. The Morgan fingerprint density at radius 2 is 1.95 bits per heavy atom. The number of rotatable bonds is 4. The van der Waals surface area contributed by atoms with E-state index in [-0.39, 0.29) is 5.82 Å². The molecule has 0 fully saturated rings. The topological polar surface area (TPSA) is 14.2 Å². The van der Waals surface area contributed by atoms with Gasteiger partial charge in [-0.3, -0.25) is 0 Å². The second-order valence-corrected chi connectivity index (χ2v) is 5.92. The Kier molecular flexibility index (Phi) is 3.88. The minimum Gasteiger partial charge on any atom is -0.489 e. The third kappa shape index (κ3) is 2.84. The maximum atomic E-state index is 13.6. The van der Waals surface area contributed by atoms with E-state index in [1.807, 2.05) is 37.3 Å². The second kappa shape index (κ2) is 5.84. The van der Waals surface area contributed by atoms with Crippen LogP contribution in [0.15, 0.2) is 48.7 Å². The normalized spacial score (nSPS) is 11.3. The van der Waals surface area contributed by atoms with E-state index >= 15 is 0 Å². The van der Waals surface area contributed by atoms with Crippen LogP contribution in [0.2, 0.25) is 0 Å². The third-order valence-corrected chi connectivity index (χ3v) is 3.82. The van der Waals surface area contributed by atoms with Gasteiger partial charge in [0.05, 0.1) is 0 Å². The molecule has 0 saturated heterocycles. The molecule has 22 heavy (non-hydrogen) atoms. The van der Waals surface area contributed by atoms with Crippen molar-refractivity contribution in [3.63, 3.8) is 0 Å². The molecule has 2 aromatic carbocycles. The number of nitrogens with zero attached hydrogens (tertiary/aromatic N) is 1. The Labute approximate surface area is 130 Å². The number of aromatic nitrogens is 1. The van der Waals surface area contributed by atoms with Gasteiger partial charge >= 0.3 is 0 Å². The van der Waals surface area contributed by atoms with E-state index in [2.05, 4.69) is 24.6 Å². The van der Waals surface area contributed by atoms with Crippen molar-refractivity contribution in [3.8, 4) is 5.75 Å². The predicted octanol–water partition coefficient (Wildman–Crippen LogP) is 5.25. The molecule has 0 radical (unpaired) electrons. The maximum absolute atomic E-state index is 13.6. The van der Waals surface area contributed by atoms with Crippen molar-refractivity contribution >= 4 is 10.9 Å². The minimum absolute atomic E-state index is 0.217. The lowest BCUT2D eigenvalue weighted by molar-refractivity contribution is 0.307. The fourth-order valence-electron chi connectivity index (χ4n) is 2.71. The van der Waals surface area contributed by atoms with Crippen LogP contribution in [0.3, 0.4) is 0 Å². The Morgan fingerprint density at radius 3 is 2.68 bits per heavy atom. The van der Waals surface area contributed by atoms with Crippen LogP contribution in [0.1, 0.15) is 31.0 Å². The summed E-state index contributed by atoms with van der Waals surface area (Å²) in [5, 5.41) is 0.918. The number of hydrogen-bond donors (Lipinski definition) is 0. The van der Waals surface area contributed by atoms with Crippen molar-refractivity contribution in [1.82, 2.24) is 4.57 Å². The van der Waals surface area contributed by atoms with Crippen LogP contribution in [0.4, 0.5) is 4.39 Å². The van der Waals surface area contributed by atoms with E-state index in [0.717, 1.165) is 27.8 Å². The molecule has 0 N–H and O–H groups in total. The number of halogens is 1. The summed E-state index contributed by atoms with van der Waals surface area (Å²) in [7, 11) is 0. The molecule has 0 bridgehead atoms. The summed E-state index contributed by atoms with van der Waals surface area (Å²) < 4.78 is 21.6. The smallest absolute Gasteiger partial charge is 0.123 e. The zero-order valence-electron chi connectivity index (χ0n) is 13.1. The lowest BCUT2D eigenvalue weighted by Crippen LogP contribution is -1.98. The molecule has 3 heteroatoms. The summed E-state index contributed by atoms with van der Waals surface area (Å²) in [5.74, 6) is 0.618. The highest BCUT2D eigenvalue weighted by Gasteiger charge is 2.12. The molecule has 0 aliphatic heterocycles. The van der Waals surface area contributed by atoms with Gasteiger partial charge in [0.2, 0.25) is 0 Å². The lowest BCUT2D eigenvalue weighted by atomic mass is 10.2. The average molecular weight is 297 g/mol. The summed E-state index contributed by atoms with van der Waals surface area (Å²) in [4.78, 5) is 0. The molecule has 0 unspecified atom stereocenters. The first-order valence-corrected chi connectivity index (χ1v) is 7.53. The van der Waals surface area contributed by atoms with Crippen molar-refractivity contribution in [3.05, 3.63) is 65.6 Å². The number of aryl methyl sites for hydroxylation is 1. The first kappa shape index (κ1) is 14.6. The van der Waals surface area contributed by atoms with Crippen molar-refractivity contribution < 1.29 is 9.13 Å². The highest BCUT2D eigenvalue weighted by Crippen LogP contribution is 2.27. The molecule has 1 heterocycles. The van der Waals surface area contributed by atoms with Gasteiger partial charge in [-0.2, -0.15) is 0 Å². The van der Waals surface area contributed by atoms with Gasteiger partial charge in [-0.15, -0.1) is 0 Å². The Balaban J connectivity index is 1.94. The van der Waals surface area contributed by atoms with E-state index < -0.39 is 0 Å². The monoisotopic (exact) mass is 297 g/mol. The van der Waals surface area contributed by atoms with E-state index in [1.165, 1.54) is 6.07 Å². The number of fused-ring (bicyclic) bond motifs is 1. The predicted molar refractivity (Wildman–Crippen MR) is 87.8 cm³/mol. The van der Waals surface area contributed by atoms with Crippen LogP contribution in [-0.2, 0) is 6.61 Å². The van der Waals surface area contributed by atoms with E-state index in [0.29, 0.717) is 12.6 Å². The first-order valence-electron chi connectivity index (χ1n) is 7.53. The zero-order chi connectivity index (χ0) is 15.7. The van der Waals surface area contributed by atoms with Crippen molar-refractivity contribution in [1.29, 1.82) is 0 Å². The number of ether oxygens (including phenoxy) is 1. The van der Waals surface area contributed by atoms with Crippen LogP contribution in [0, 0.1) is 12.7 Å². The van der Waals surface area contributed by atoms with Gasteiger partial charge in [0, 0.05) is 28.7 Å². The summed E-state index contributed by atoms with van der Waals surface area (Å²) in [6.07, 6.45) is 2.06. The molecule has 0 aliphatic carbocycles. The van der Waals surface area contributed by atoms with Crippen LogP contribution in [0.25, 0.3) is 10.9 Å². The molecule has 0 saturated carbocycles. The van der Waals surface area contributed by atoms with Crippen LogP contribution in [0.5, 0.6) is 5.75 Å². The van der Waals surface area contributed by atoms with Gasteiger partial charge in [-0.25, -0.2) is 4.39 Å².